The van der Waals surface area contributed by atoms with Gasteiger partial charge >= 0.3 is 0 Å². The maximum absolute atomic E-state index is 8.17. The van der Waals surface area contributed by atoms with Crippen LogP contribution in [0.1, 0.15) is 13.7 Å². The van der Waals surface area contributed by atoms with Crippen molar-refractivity contribution in [2.24, 2.45) is 0 Å². The third-order valence-corrected chi connectivity index (χ3v) is 2.46. The normalized spacial score (nSPS) is 17.5. The monoisotopic (exact) mass is 255 g/mol. The van der Waals surface area contributed by atoms with Crippen molar-refractivity contribution in [3.05, 3.63) is 84.7 Å². The molecule has 1 nitrogen and oxygen atoms in total. The average Bonchev–Trinajstić information content (AvgIpc) is 2.72. The van der Waals surface area contributed by atoms with E-state index in [1.165, 1.54) is 12.1 Å². The molecular formula is C18H15N. The molecule has 0 atom stereocenters. The quantitative estimate of drug-likeness (QED) is 0.686. The van der Waals surface area contributed by atoms with Crippen LogP contribution in [0.15, 0.2) is 84.7 Å². The first-order chi connectivity index (χ1) is 13.6. The van der Waals surface area contributed by atoms with Crippen molar-refractivity contribution in [3.63, 3.8) is 0 Å². The minimum atomic E-state index is -0.524. The molecule has 0 spiro atoms. The third-order valence-electron chi connectivity index (χ3n) is 2.46. The van der Waals surface area contributed by atoms with Crippen LogP contribution in [0, 0.1) is 0 Å². The predicted octanol–water partition coefficient (Wildman–Crippen LogP) is 5.10. The molecule has 0 aliphatic carbocycles. The van der Waals surface area contributed by atoms with Gasteiger partial charge in [-0.2, -0.15) is 0 Å². The lowest BCUT2D eigenvalue weighted by Gasteiger charge is -2.12. The van der Waals surface area contributed by atoms with Crippen molar-refractivity contribution in [1.82, 2.24) is 0 Å². The Morgan fingerprint density at radius 2 is 1.37 bits per heavy atom. The molecular weight excluding hydrogens is 230 g/mol. The summed E-state index contributed by atoms with van der Waals surface area (Å²) in [5.74, 6) is 0. The molecule has 0 unspecified atom stereocenters. The van der Waals surface area contributed by atoms with Gasteiger partial charge in [-0.3, -0.25) is 0 Å². The van der Waals surface area contributed by atoms with Crippen molar-refractivity contribution in [2.45, 2.75) is 0 Å². The molecule has 0 bridgehead atoms. The average molecular weight is 255 g/mol. The van der Waals surface area contributed by atoms with Crippen LogP contribution in [0.5, 0.6) is 0 Å². The highest BCUT2D eigenvalue weighted by molar-refractivity contribution is 5.80. The number of para-hydroxylation sites is 2. The maximum Gasteiger partial charge on any atom is 0.0645 e. The zero-order valence-electron chi connectivity index (χ0n) is 19.8. The first-order valence-electron chi connectivity index (χ1n) is 10.6. The van der Waals surface area contributed by atoms with Gasteiger partial charge in [-0.15, -0.1) is 0 Å². The first kappa shape index (κ1) is 4.86. The van der Waals surface area contributed by atoms with E-state index < -0.39 is 60.4 Å². The largest absolute Gasteiger partial charge is 0.355 e. The first-order valence-corrected chi connectivity index (χ1v) is 5.58. The van der Waals surface area contributed by atoms with Crippen LogP contribution in [0.4, 0.5) is 11.4 Å². The summed E-state index contributed by atoms with van der Waals surface area (Å²) in [4.78, 5) is 0. The Morgan fingerprint density at radius 3 is 2.11 bits per heavy atom. The molecule has 0 amide bonds. The van der Waals surface area contributed by atoms with Crippen LogP contribution in [0.25, 0.3) is 11.1 Å². The fraction of sp³-hybridized carbons (Fsp3) is 0. The zero-order valence-corrected chi connectivity index (χ0v) is 9.81. The summed E-state index contributed by atoms with van der Waals surface area (Å²) < 4.78 is 79.2. The standard InChI is InChI=1S/C18H15N/c1-3-9-15(10-4-1)17-13-7-8-14-18(17)19-16-11-5-2-6-12-16/h1-14,19H/i1D,2D,3D,4D,5D,6D,9D,10D,11D,12D. The van der Waals surface area contributed by atoms with E-state index >= 15 is 0 Å². The summed E-state index contributed by atoms with van der Waals surface area (Å²) in [5.41, 5.74) is 0.267. The van der Waals surface area contributed by atoms with E-state index in [1.54, 1.807) is 12.1 Å². The summed E-state index contributed by atoms with van der Waals surface area (Å²) in [6, 6.07) is 1.61. The minimum absolute atomic E-state index is 0.0496. The second-order valence-corrected chi connectivity index (χ2v) is 3.67. The SMILES string of the molecule is [2H]c1c([2H])c([2H])c(Nc2ccccc2-c2c([2H])c([2H])c([2H])c([2H])c2[2H])c([2H])c1[2H]. The Balaban J connectivity index is 2.25. The predicted molar refractivity (Wildman–Crippen MR) is 81.6 cm³/mol. The van der Waals surface area contributed by atoms with Crippen molar-refractivity contribution < 1.29 is 13.7 Å². The van der Waals surface area contributed by atoms with E-state index in [4.69, 9.17) is 13.7 Å². The Hall–Kier alpha value is -2.54. The van der Waals surface area contributed by atoms with Gasteiger partial charge in [0, 0.05) is 16.9 Å². The van der Waals surface area contributed by atoms with Crippen LogP contribution in [-0.4, -0.2) is 0 Å². The molecule has 3 rings (SSSR count). The van der Waals surface area contributed by atoms with Gasteiger partial charge < -0.3 is 5.32 Å². The van der Waals surface area contributed by atoms with Crippen LogP contribution in [0.3, 0.4) is 0 Å². The summed E-state index contributed by atoms with van der Waals surface area (Å²) in [6.07, 6.45) is 0. The molecule has 0 radical (unpaired) electrons. The molecule has 1 N–H and O–H groups in total. The smallest absolute Gasteiger partial charge is 0.0645 e. The van der Waals surface area contributed by atoms with Gasteiger partial charge in [-0.05, 0) is 23.7 Å². The highest BCUT2D eigenvalue weighted by Crippen LogP contribution is 2.29. The van der Waals surface area contributed by atoms with Crippen LogP contribution < -0.4 is 5.32 Å². The lowest BCUT2D eigenvalue weighted by molar-refractivity contribution is 1.53. The molecule has 3 aromatic rings. The van der Waals surface area contributed by atoms with Gasteiger partial charge in [0.1, 0.15) is 0 Å². The number of nitrogens with one attached hydrogen (secondary N) is 1. The number of hydrogen-bond acceptors (Lipinski definition) is 1. The van der Waals surface area contributed by atoms with Crippen molar-refractivity contribution >= 4 is 11.4 Å². The fourth-order valence-corrected chi connectivity index (χ4v) is 1.64. The number of rotatable bonds is 3. The summed E-state index contributed by atoms with van der Waals surface area (Å²) in [5, 5.41) is 2.79. The lowest BCUT2D eigenvalue weighted by atomic mass is 10.0. The molecule has 1 heteroatoms. The van der Waals surface area contributed by atoms with Crippen molar-refractivity contribution in [3.8, 4) is 11.1 Å². The van der Waals surface area contributed by atoms with Gasteiger partial charge in [0.15, 0.2) is 0 Å². The van der Waals surface area contributed by atoms with Gasteiger partial charge in [0.05, 0.1) is 13.7 Å². The Labute approximate surface area is 127 Å². The fourth-order valence-electron chi connectivity index (χ4n) is 1.64. The third kappa shape index (κ3) is 2.66. The number of anilines is 2. The van der Waals surface area contributed by atoms with Crippen LogP contribution >= 0.6 is 0 Å². The molecule has 0 aromatic heterocycles. The van der Waals surface area contributed by atoms with E-state index in [-0.39, 0.29) is 22.5 Å². The molecule has 19 heavy (non-hydrogen) atoms. The maximum atomic E-state index is 8.17. The Kier molecular flexibility index (Phi) is 1.38. The molecule has 0 aliphatic rings. The highest BCUT2D eigenvalue weighted by atomic mass is 14.9. The van der Waals surface area contributed by atoms with Gasteiger partial charge in [-0.25, -0.2) is 0 Å². The molecule has 92 valence electrons. The van der Waals surface area contributed by atoms with E-state index in [9.17, 15) is 0 Å². The zero-order chi connectivity index (χ0) is 21.6. The van der Waals surface area contributed by atoms with E-state index in [0.717, 1.165) is 0 Å². The Morgan fingerprint density at radius 1 is 0.737 bits per heavy atom. The topological polar surface area (TPSA) is 12.0 Å². The van der Waals surface area contributed by atoms with Crippen molar-refractivity contribution in [1.29, 1.82) is 0 Å². The van der Waals surface area contributed by atoms with Crippen LogP contribution in [0.2, 0.25) is 0 Å². The van der Waals surface area contributed by atoms with E-state index in [1.807, 2.05) is 0 Å². The van der Waals surface area contributed by atoms with E-state index in [0.29, 0.717) is 0 Å². The second-order valence-electron chi connectivity index (χ2n) is 3.67. The van der Waals surface area contributed by atoms with E-state index in [2.05, 4.69) is 5.32 Å². The summed E-state index contributed by atoms with van der Waals surface area (Å²) >= 11 is 0. The molecule has 0 saturated heterocycles. The summed E-state index contributed by atoms with van der Waals surface area (Å²) in [7, 11) is 0. The molecule has 0 saturated carbocycles. The van der Waals surface area contributed by atoms with Crippen molar-refractivity contribution in [2.75, 3.05) is 5.32 Å². The Bertz CT molecular complexity index is 1080. The number of hydrogen-bond donors (Lipinski definition) is 1. The molecule has 0 aliphatic heterocycles. The molecule has 0 fully saturated rings. The lowest BCUT2D eigenvalue weighted by Crippen LogP contribution is -1.92. The molecule has 3 aromatic carbocycles. The summed E-state index contributed by atoms with van der Waals surface area (Å²) in [6.45, 7) is 0. The van der Waals surface area contributed by atoms with Gasteiger partial charge in [0.2, 0.25) is 0 Å². The van der Waals surface area contributed by atoms with Gasteiger partial charge in [-0.1, -0.05) is 66.5 Å². The minimum Gasteiger partial charge on any atom is -0.355 e. The van der Waals surface area contributed by atoms with Gasteiger partial charge in [0.25, 0.3) is 0 Å². The molecule has 0 heterocycles. The number of benzene rings is 3. The highest BCUT2D eigenvalue weighted by Gasteiger charge is 2.03. The van der Waals surface area contributed by atoms with Crippen LogP contribution in [-0.2, 0) is 0 Å². The second kappa shape index (κ2) is 5.40.